The fraction of sp³-hybridized carbons (Fsp3) is 0.125. The Morgan fingerprint density at radius 1 is 1.30 bits per heavy atom. The number of hydrogen-bond acceptors (Lipinski definition) is 1. The molecule has 1 aromatic rings. The second-order valence-electron chi connectivity index (χ2n) is 1.89. The smallest absolute Gasteiger partial charge is 0.0948 e. The van der Waals surface area contributed by atoms with Gasteiger partial charge >= 0.3 is 0 Å². The number of benzene rings is 1. The number of alkyl halides is 1. The molecule has 1 atom stereocenters. The van der Waals surface area contributed by atoms with E-state index in [2.05, 4.69) is 17.6 Å². The highest BCUT2D eigenvalue weighted by atomic mass is 35.5. The van der Waals surface area contributed by atoms with Gasteiger partial charge in [-0.15, -0.1) is 11.6 Å². The summed E-state index contributed by atoms with van der Waals surface area (Å²) in [4.78, 5) is 0. The molecule has 0 aliphatic rings. The summed E-state index contributed by atoms with van der Waals surface area (Å²) in [6.07, 6.45) is 0. The van der Waals surface area contributed by atoms with Crippen molar-refractivity contribution in [2.45, 2.75) is 5.38 Å². The van der Waals surface area contributed by atoms with E-state index in [0.29, 0.717) is 0 Å². The van der Waals surface area contributed by atoms with Crippen molar-refractivity contribution >= 4 is 29.2 Å². The van der Waals surface area contributed by atoms with Crippen LogP contribution in [0.15, 0.2) is 30.3 Å². The first-order valence-corrected chi connectivity index (χ1v) is 3.76. The topological polar surface area (TPSA) is 0 Å². The van der Waals surface area contributed by atoms with E-state index in [1.807, 2.05) is 30.3 Å². The predicted octanol–water partition coefficient (Wildman–Crippen LogP) is 2.84. The molecule has 0 N–H and O–H groups in total. The largest absolute Gasteiger partial charge is 0.112 e. The van der Waals surface area contributed by atoms with Crippen LogP contribution in [-0.4, -0.2) is 5.37 Å². The molecule has 51 valence electrons. The van der Waals surface area contributed by atoms with Crippen LogP contribution in [0, 0.1) is 0 Å². The van der Waals surface area contributed by atoms with Crippen LogP contribution in [0.1, 0.15) is 10.9 Å². The summed E-state index contributed by atoms with van der Waals surface area (Å²) in [5, 5.41) is 2.28. The van der Waals surface area contributed by atoms with Gasteiger partial charge in [0.15, 0.2) is 0 Å². The number of halogens is 1. The Balaban J connectivity index is 2.84. The highest BCUT2D eigenvalue weighted by molar-refractivity contribution is 7.79. The van der Waals surface area contributed by atoms with E-state index in [1.54, 1.807) is 0 Å². The van der Waals surface area contributed by atoms with Crippen molar-refractivity contribution in [1.82, 2.24) is 0 Å². The van der Waals surface area contributed by atoms with Gasteiger partial charge in [-0.2, -0.15) is 0 Å². The predicted molar refractivity (Wildman–Crippen MR) is 47.6 cm³/mol. The Hall–Kier alpha value is -0.400. The first kappa shape index (κ1) is 7.70. The van der Waals surface area contributed by atoms with Crippen LogP contribution in [0.4, 0.5) is 0 Å². The lowest BCUT2D eigenvalue weighted by molar-refractivity contribution is 1.33. The van der Waals surface area contributed by atoms with Crippen LogP contribution in [-0.2, 0) is 0 Å². The maximum atomic E-state index is 5.78. The zero-order valence-corrected chi connectivity index (χ0v) is 6.82. The van der Waals surface area contributed by atoms with Crippen LogP contribution in [0.3, 0.4) is 0 Å². The molecule has 1 rings (SSSR count). The second-order valence-corrected chi connectivity index (χ2v) is 2.56. The highest BCUT2D eigenvalue weighted by Crippen LogP contribution is 2.16. The molecular formula is C8H6ClS. The van der Waals surface area contributed by atoms with Gasteiger partial charge in [0.25, 0.3) is 0 Å². The maximum absolute atomic E-state index is 5.78. The quantitative estimate of drug-likeness (QED) is 0.485. The molecule has 1 unspecified atom stereocenters. The van der Waals surface area contributed by atoms with E-state index < -0.39 is 0 Å². The molecular weight excluding hydrogens is 164 g/mol. The van der Waals surface area contributed by atoms with E-state index in [-0.39, 0.29) is 5.38 Å². The number of rotatable bonds is 2. The fourth-order valence-corrected chi connectivity index (χ4v) is 0.972. The first-order valence-electron chi connectivity index (χ1n) is 2.91. The molecule has 2 heteroatoms. The SMILES string of the molecule is S=[C]C(Cl)c1ccccc1. The average molecular weight is 170 g/mol. The van der Waals surface area contributed by atoms with Gasteiger partial charge in [0.1, 0.15) is 0 Å². The van der Waals surface area contributed by atoms with Crippen molar-refractivity contribution < 1.29 is 0 Å². The molecule has 1 radical (unpaired) electrons. The summed E-state index contributed by atoms with van der Waals surface area (Å²) in [6, 6.07) is 9.65. The van der Waals surface area contributed by atoms with Crippen molar-refractivity contribution in [3.05, 3.63) is 35.9 Å². The lowest BCUT2D eigenvalue weighted by Gasteiger charge is -1.99. The molecule has 1 aromatic carbocycles. The lowest BCUT2D eigenvalue weighted by atomic mass is 10.2. The number of hydrogen-bond donors (Lipinski definition) is 0. The van der Waals surface area contributed by atoms with Gasteiger partial charge in [0, 0.05) is 0 Å². The van der Waals surface area contributed by atoms with Crippen molar-refractivity contribution in [3.63, 3.8) is 0 Å². The van der Waals surface area contributed by atoms with Crippen molar-refractivity contribution in [2.24, 2.45) is 0 Å². The lowest BCUT2D eigenvalue weighted by Crippen LogP contribution is -1.87. The van der Waals surface area contributed by atoms with Gasteiger partial charge in [-0.1, -0.05) is 42.5 Å². The molecule has 0 aliphatic carbocycles. The second kappa shape index (κ2) is 3.69. The van der Waals surface area contributed by atoms with E-state index in [0.717, 1.165) is 5.56 Å². The first-order chi connectivity index (χ1) is 4.84. The molecule has 10 heavy (non-hydrogen) atoms. The third kappa shape index (κ3) is 1.79. The number of thiocarbonyl (C=S) groups is 1. The molecule has 0 nitrogen and oxygen atoms in total. The molecule has 0 saturated heterocycles. The Kier molecular flexibility index (Phi) is 2.84. The maximum Gasteiger partial charge on any atom is 0.0948 e. The molecule has 0 saturated carbocycles. The minimum absolute atomic E-state index is 0.254. The van der Waals surface area contributed by atoms with E-state index in [4.69, 9.17) is 11.6 Å². The monoisotopic (exact) mass is 169 g/mol. The van der Waals surface area contributed by atoms with Gasteiger partial charge in [-0.3, -0.25) is 0 Å². The fourth-order valence-electron chi connectivity index (χ4n) is 0.690. The standard InChI is InChI=1S/C8H6ClS/c9-8(6-10)7-4-2-1-3-5-7/h1-5,8H. The van der Waals surface area contributed by atoms with E-state index >= 15 is 0 Å². The molecule has 0 aliphatic heterocycles. The average Bonchev–Trinajstić information content (AvgIpc) is 2.05. The Bertz CT molecular complexity index is 208. The van der Waals surface area contributed by atoms with Crippen LogP contribution < -0.4 is 0 Å². The Morgan fingerprint density at radius 3 is 2.40 bits per heavy atom. The molecule has 0 fully saturated rings. The Morgan fingerprint density at radius 2 is 1.90 bits per heavy atom. The van der Waals surface area contributed by atoms with E-state index in [1.165, 1.54) is 0 Å². The summed E-state index contributed by atoms with van der Waals surface area (Å²) in [7, 11) is 0. The summed E-state index contributed by atoms with van der Waals surface area (Å²) >= 11 is 10.4. The molecule has 0 amide bonds. The van der Waals surface area contributed by atoms with Crippen molar-refractivity contribution in [1.29, 1.82) is 0 Å². The molecule has 0 heterocycles. The van der Waals surface area contributed by atoms with Gasteiger partial charge in [0.05, 0.1) is 10.7 Å². The molecule has 0 aromatic heterocycles. The molecule has 0 spiro atoms. The third-order valence-corrected chi connectivity index (χ3v) is 1.92. The van der Waals surface area contributed by atoms with Crippen LogP contribution >= 0.6 is 23.8 Å². The van der Waals surface area contributed by atoms with Gasteiger partial charge in [0.2, 0.25) is 0 Å². The minimum Gasteiger partial charge on any atom is -0.112 e. The van der Waals surface area contributed by atoms with Crippen LogP contribution in [0.5, 0.6) is 0 Å². The highest BCUT2D eigenvalue weighted by Gasteiger charge is 2.00. The summed E-state index contributed by atoms with van der Waals surface area (Å²) in [5.74, 6) is 0. The van der Waals surface area contributed by atoms with E-state index in [9.17, 15) is 0 Å². The van der Waals surface area contributed by atoms with Crippen LogP contribution in [0.25, 0.3) is 0 Å². The normalized spacial score (nSPS) is 12.5. The van der Waals surface area contributed by atoms with Gasteiger partial charge in [-0.25, -0.2) is 0 Å². The summed E-state index contributed by atoms with van der Waals surface area (Å²) in [6.45, 7) is 0. The Labute approximate surface area is 70.8 Å². The summed E-state index contributed by atoms with van der Waals surface area (Å²) < 4.78 is 0. The van der Waals surface area contributed by atoms with Gasteiger partial charge < -0.3 is 0 Å². The van der Waals surface area contributed by atoms with Crippen LogP contribution in [0.2, 0.25) is 0 Å². The zero-order chi connectivity index (χ0) is 7.40. The minimum atomic E-state index is -0.254. The molecule has 0 bridgehead atoms. The van der Waals surface area contributed by atoms with Crippen molar-refractivity contribution in [2.75, 3.05) is 0 Å². The third-order valence-electron chi connectivity index (χ3n) is 1.20. The van der Waals surface area contributed by atoms with Crippen molar-refractivity contribution in [3.8, 4) is 0 Å². The van der Waals surface area contributed by atoms with Gasteiger partial charge in [-0.05, 0) is 5.56 Å². The summed E-state index contributed by atoms with van der Waals surface area (Å²) in [5.41, 5.74) is 0.999. The zero-order valence-electron chi connectivity index (χ0n) is 5.25.